The zero-order valence-electron chi connectivity index (χ0n) is 5.55. The molecule has 0 aromatic rings. The molecule has 2 aliphatic carbocycles. The number of fused-ring (bicyclic) bond motifs is 1. The van der Waals surface area contributed by atoms with Gasteiger partial charge in [-0.2, -0.15) is 0 Å². The summed E-state index contributed by atoms with van der Waals surface area (Å²) in [5.74, 6) is 1.52. The van der Waals surface area contributed by atoms with Crippen LogP contribution >= 0.6 is 0 Å². The Morgan fingerprint density at radius 3 is 2.89 bits per heavy atom. The van der Waals surface area contributed by atoms with Gasteiger partial charge in [-0.3, -0.25) is 4.79 Å². The zero-order valence-corrected chi connectivity index (χ0v) is 5.55. The average Bonchev–Trinajstić information content (AvgIpc) is 2.04. The summed E-state index contributed by atoms with van der Waals surface area (Å²) < 4.78 is 0. The molecule has 2 aliphatic rings. The van der Waals surface area contributed by atoms with Crippen molar-refractivity contribution in [1.82, 2.24) is 0 Å². The van der Waals surface area contributed by atoms with E-state index in [1.165, 1.54) is 5.57 Å². The Morgan fingerprint density at radius 1 is 1.67 bits per heavy atom. The van der Waals surface area contributed by atoms with E-state index in [0.717, 1.165) is 12.8 Å². The number of hydrogen-bond donors (Lipinski definition) is 0. The van der Waals surface area contributed by atoms with Crippen LogP contribution in [0.15, 0.2) is 11.6 Å². The van der Waals surface area contributed by atoms with Gasteiger partial charge in [-0.15, -0.1) is 0 Å². The lowest BCUT2D eigenvalue weighted by Gasteiger charge is -2.29. The van der Waals surface area contributed by atoms with Gasteiger partial charge >= 0.3 is 0 Å². The minimum Gasteiger partial charge on any atom is -0.299 e. The molecule has 48 valence electrons. The molecular weight excluding hydrogens is 112 g/mol. The van der Waals surface area contributed by atoms with Crippen molar-refractivity contribution in [3.8, 4) is 0 Å². The normalized spacial score (nSPS) is 39.7. The van der Waals surface area contributed by atoms with Crippen LogP contribution in [0.2, 0.25) is 0 Å². The average molecular weight is 122 g/mol. The Morgan fingerprint density at radius 2 is 2.44 bits per heavy atom. The zero-order chi connectivity index (χ0) is 6.43. The van der Waals surface area contributed by atoms with Crippen molar-refractivity contribution in [2.24, 2.45) is 11.8 Å². The Bertz CT molecular complexity index is 191. The standard InChI is InChI=1S/C8H10O/c1-5-2-3-6-4-7(9)8(5)6/h2,6,8H,3-4H2,1H3/t6-,8-/m0/s1. The Balaban J connectivity index is 2.24. The second-order valence-corrected chi connectivity index (χ2v) is 3.09. The quantitative estimate of drug-likeness (QED) is 0.445. The topological polar surface area (TPSA) is 17.1 Å². The van der Waals surface area contributed by atoms with Crippen LogP contribution in [-0.4, -0.2) is 5.78 Å². The third-order valence-electron chi connectivity index (χ3n) is 2.51. The first kappa shape index (κ1) is 5.21. The van der Waals surface area contributed by atoms with Crippen LogP contribution in [0, 0.1) is 11.8 Å². The number of carbonyl (C=O) groups excluding carboxylic acids is 1. The Kier molecular flexibility index (Phi) is 0.850. The van der Waals surface area contributed by atoms with Crippen LogP contribution in [-0.2, 0) is 4.79 Å². The summed E-state index contributed by atoms with van der Waals surface area (Å²) in [6, 6.07) is 0. The van der Waals surface area contributed by atoms with Crippen LogP contribution < -0.4 is 0 Å². The van der Waals surface area contributed by atoms with Crippen LogP contribution in [0.25, 0.3) is 0 Å². The summed E-state index contributed by atoms with van der Waals surface area (Å²) in [4.78, 5) is 10.9. The third kappa shape index (κ3) is 0.521. The lowest BCUT2D eigenvalue weighted by Crippen LogP contribution is -2.34. The van der Waals surface area contributed by atoms with Gasteiger partial charge in [0, 0.05) is 12.3 Å². The maximum absolute atomic E-state index is 10.9. The molecule has 1 saturated carbocycles. The van der Waals surface area contributed by atoms with Gasteiger partial charge in [0.2, 0.25) is 0 Å². The molecule has 0 unspecified atom stereocenters. The van der Waals surface area contributed by atoms with Gasteiger partial charge < -0.3 is 0 Å². The molecule has 1 fully saturated rings. The van der Waals surface area contributed by atoms with Gasteiger partial charge in [-0.1, -0.05) is 11.6 Å². The molecule has 2 atom stereocenters. The molecular formula is C8H10O. The molecule has 0 saturated heterocycles. The summed E-state index contributed by atoms with van der Waals surface area (Å²) >= 11 is 0. The second kappa shape index (κ2) is 1.47. The summed E-state index contributed by atoms with van der Waals surface area (Å²) in [7, 11) is 0. The van der Waals surface area contributed by atoms with Crippen LogP contribution in [0.5, 0.6) is 0 Å². The van der Waals surface area contributed by atoms with Gasteiger partial charge in [0.05, 0.1) is 0 Å². The van der Waals surface area contributed by atoms with Crippen molar-refractivity contribution in [1.29, 1.82) is 0 Å². The Labute approximate surface area is 54.8 Å². The SMILES string of the molecule is CC1=CC[C@H]2CC(=O)[C@@H]12. The fraction of sp³-hybridized carbons (Fsp3) is 0.625. The molecule has 0 radical (unpaired) electrons. The van der Waals surface area contributed by atoms with E-state index >= 15 is 0 Å². The van der Waals surface area contributed by atoms with Crippen molar-refractivity contribution in [3.05, 3.63) is 11.6 Å². The lowest BCUT2D eigenvalue weighted by atomic mass is 9.72. The highest BCUT2D eigenvalue weighted by molar-refractivity contribution is 5.90. The number of allylic oxidation sites excluding steroid dienone is 2. The monoisotopic (exact) mass is 122 g/mol. The first-order valence-corrected chi connectivity index (χ1v) is 3.48. The first-order chi connectivity index (χ1) is 4.29. The highest BCUT2D eigenvalue weighted by atomic mass is 16.1. The molecule has 1 heteroatoms. The van der Waals surface area contributed by atoms with Crippen LogP contribution in [0.3, 0.4) is 0 Å². The van der Waals surface area contributed by atoms with E-state index in [0.29, 0.717) is 17.6 Å². The summed E-state index contributed by atoms with van der Waals surface area (Å²) in [5.41, 5.74) is 1.32. The van der Waals surface area contributed by atoms with Crippen molar-refractivity contribution in [2.75, 3.05) is 0 Å². The second-order valence-electron chi connectivity index (χ2n) is 3.09. The third-order valence-corrected chi connectivity index (χ3v) is 2.51. The summed E-state index contributed by atoms with van der Waals surface area (Å²) in [6.07, 6.45) is 4.21. The van der Waals surface area contributed by atoms with E-state index in [4.69, 9.17) is 0 Å². The molecule has 0 amide bonds. The van der Waals surface area contributed by atoms with Gasteiger partial charge in [0.25, 0.3) is 0 Å². The van der Waals surface area contributed by atoms with E-state index in [2.05, 4.69) is 13.0 Å². The highest BCUT2D eigenvalue weighted by Gasteiger charge is 2.42. The van der Waals surface area contributed by atoms with Crippen molar-refractivity contribution < 1.29 is 4.79 Å². The molecule has 1 nitrogen and oxygen atoms in total. The van der Waals surface area contributed by atoms with Crippen LogP contribution in [0.4, 0.5) is 0 Å². The maximum atomic E-state index is 10.9. The van der Waals surface area contributed by atoms with E-state index < -0.39 is 0 Å². The molecule has 0 bridgehead atoms. The molecule has 0 spiro atoms. The number of rotatable bonds is 0. The minimum absolute atomic E-state index is 0.352. The molecule has 0 aromatic heterocycles. The van der Waals surface area contributed by atoms with E-state index in [1.807, 2.05) is 0 Å². The summed E-state index contributed by atoms with van der Waals surface area (Å²) in [6.45, 7) is 2.07. The van der Waals surface area contributed by atoms with Gasteiger partial charge in [0.1, 0.15) is 5.78 Å². The van der Waals surface area contributed by atoms with E-state index in [1.54, 1.807) is 0 Å². The molecule has 0 heterocycles. The molecule has 0 N–H and O–H groups in total. The van der Waals surface area contributed by atoms with Crippen molar-refractivity contribution in [3.63, 3.8) is 0 Å². The van der Waals surface area contributed by atoms with E-state index in [9.17, 15) is 4.79 Å². The van der Waals surface area contributed by atoms with E-state index in [-0.39, 0.29) is 0 Å². The number of carbonyl (C=O) groups is 1. The lowest BCUT2D eigenvalue weighted by molar-refractivity contribution is -0.131. The highest BCUT2D eigenvalue weighted by Crippen LogP contribution is 2.43. The molecule has 0 aliphatic heterocycles. The molecule has 2 rings (SSSR count). The fourth-order valence-corrected chi connectivity index (χ4v) is 1.92. The number of ketones is 1. The predicted octanol–water partition coefficient (Wildman–Crippen LogP) is 1.54. The first-order valence-electron chi connectivity index (χ1n) is 3.48. The van der Waals surface area contributed by atoms with Gasteiger partial charge in [-0.25, -0.2) is 0 Å². The fourth-order valence-electron chi connectivity index (χ4n) is 1.92. The smallest absolute Gasteiger partial charge is 0.140 e. The number of hydrogen-bond acceptors (Lipinski definition) is 1. The van der Waals surface area contributed by atoms with Gasteiger partial charge in [0.15, 0.2) is 0 Å². The maximum Gasteiger partial charge on any atom is 0.140 e. The minimum atomic E-state index is 0.352. The molecule has 9 heavy (non-hydrogen) atoms. The van der Waals surface area contributed by atoms with Crippen LogP contribution in [0.1, 0.15) is 19.8 Å². The van der Waals surface area contributed by atoms with Gasteiger partial charge in [-0.05, 0) is 19.3 Å². The van der Waals surface area contributed by atoms with Crippen molar-refractivity contribution in [2.45, 2.75) is 19.8 Å². The number of Topliss-reactive ketones (excluding diaryl/α,β-unsaturated/α-hetero) is 1. The summed E-state index contributed by atoms with van der Waals surface area (Å²) in [5, 5.41) is 0. The largest absolute Gasteiger partial charge is 0.299 e. The molecule has 0 aromatic carbocycles. The Hall–Kier alpha value is -0.590. The van der Waals surface area contributed by atoms with Crippen molar-refractivity contribution >= 4 is 5.78 Å². The predicted molar refractivity (Wildman–Crippen MR) is 35.0 cm³/mol.